The van der Waals surface area contributed by atoms with Crippen molar-refractivity contribution in [1.82, 2.24) is 10.2 Å². The Balaban J connectivity index is 2.64. The molecule has 88 valence electrons. The third-order valence-electron chi connectivity index (χ3n) is 2.00. The van der Waals surface area contributed by atoms with E-state index >= 15 is 0 Å². The Morgan fingerprint density at radius 2 is 2.19 bits per heavy atom. The van der Waals surface area contributed by atoms with E-state index in [9.17, 15) is 9.59 Å². The van der Waals surface area contributed by atoms with Gasteiger partial charge in [0.15, 0.2) is 0 Å². The molecule has 1 aromatic heterocycles. The van der Waals surface area contributed by atoms with E-state index in [1.807, 2.05) is 6.92 Å². The van der Waals surface area contributed by atoms with E-state index in [4.69, 9.17) is 5.11 Å². The van der Waals surface area contributed by atoms with Gasteiger partial charge in [0.25, 0.3) is 0 Å². The molecule has 0 spiro atoms. The fourth-order valence-electron chi connectivity index (χ4n) is 1.19. The van der Waals surface area contributed by atoms with Gasteiger partial charge in [0.05, 0.1) is 0 Å². The van der Waals surface area contributed by atoms with Crippen molar-refractivity contribution in [3.63, 3.8) is 0 Å². The Morgan fingerprint density at radius 3 is 2.75 bits per heavy atom. The maximum atomic E-state index is 10.8. The lowest BCUT2D eigenvalue weighted by Gasteiger charge is -2.02. The van der Waals surface area contributed by atoms with Gasteiger partial charge in [0.1, 0.15) is 5.01 Å². The molecule has 0 fully saturated rings. The standard InChI is InChI=1S/C9H13N3O3S/c1-3-4-5(2)7-11-12-9(16-7)10-6(13)8(14)15/h5H,3-4H2,1-2H3,(H,14,15)(H,10,12,13)/t5-/m1/s1. The fourth-order valence-corrected chi connectivity index (χ4v) is 2.02. The molecule has 2 N–H and O–H groups in total. The van der Waals surface area contributed by atoms with Crippen molar-refractivity contribution in [2.24, 2.45) is 0 Å². The molecule has 0 saturated carbocycles. The third kappa shape index (κ3) is 3.27. The lowest BCUT2D eigenvalue weighted by molar-refractivity contribution is -0.147. The second kappa shape index (κ2) is 5.55. The van der Waals surface area contributed by atoms with Gasteiger partial charge >= 0.3 is 11.9 Å². The highest BCUT2D eigenvalue weighted by Crippen LogP contribution is 2.26. The monoisotopic (exact) mass is 243 g/mol. The highest BCUT2D eigenvalue weighted by atomic mass is 32.1. The van der Waals surface area contributed by atoms with Crippen molar-refractivity contribution in [1.29, 1.82) is 0 Å². The van der Waals surface area contributed by atoms with Crippen LogP contribution in [-0.4, -0.2) is 27.2 Å². The lowest BCUT2D eigenvalue weighted by atomic mass is 10.1. The van der Waals surface area contributed by atoms with Gasteiger partial charge in [0.2, 0.25) is 5.13 Å². The first-order valence-electron chi connectivity index (χ1n) is 4.92. The zero-order valence-corrected chi connectivity index (χ0v) is 9.87. The van der Waals surface area contributed by atoms with Crippen molar-refractivity contribution in [2.45, 2.75) is 32.6 Å². The molecule has 1 heterocycles. The van der Waals surface area contributed by atoms with Crippen LogP contribution in [0.25, 0.3) is 0 Å². The van der Waals surface area contributed by atoms with Crippen LogP contribution >= 0.6 is 11.3 Å². The molecule has 0 aliphatic rings. The number of anilines is 1. The summed E-state index contributed by atoms with van der Waals surface area (Å²) < 4.78 is 0. The maximum Gasteiger partial charge on any atom is 0.394 e. The van der Waals surface area contributed by atoms with E-state index in [1.165, 1.54) is 11.3 Å². The number of aliphatic carboxylic acids is 1. The molecule has 7 heteroatoms. The van der Waals surface area contributed by atoms with Gasteiger partial charge in [0, 0.05) is 5.92 Å². The van der Waals surface area contributed by atoms with E-state index in [-0.39, 0.29) is 11.0 Å². The summed E-state index contributed by atoms with van der Waals surface area (Å²) in [7, 11) is 0. The summed E-state index contributed by atoms with van der Waals surface area (Å²) in [5, 5.41) is 19.2. The van der Waals surface area contributed by atoms with E-state index in [1.54, 1.807) is 0 Å². The Labute approximate surface area is 96.7 Å². The van der Waals surface area contributed by atoms with Gasteiger partial charge in [-0.3, -0.25) is 10.1 Å². The van der Waals surface area contributed by atoms with E-state index in [0.717, 1.165) is 17.8 Å². The minimum atomic E-state index is -1.53. The fraction of sp³-hybridized carbons (Fsp3) is 0.556. The van der Waals surface area contributed by atoms with Gasteiger partial charge in [-0.2, -0.15) is 0 Å². The molecule has 0 unspecified atom stereocenters. The summed E-state index contributed by atoms with van der Waals surface area (Å²) in [4.78, 5) is 21.1. The molecule has 0 aliphatic carbocycles. The zero-order chi connectivity index (χ0) is 12.1. The van der Waals surface area contributed by atoms with Crippen molar-refractivity contribution in [3.05, 3.63) is 5.01 Å². The minimum Gasteiger partial charge on any atom is -0.474 e. The molecule has 16 heavy (non-hydrogen) atoms. The van der Waals surface area contributed by atoms with Gasteiger partial charge in [-0.1, -0.05) is 31.6 Å². The molecule has 1 rings (SSSR count). The van der Waals surface area contributed by atoms with Crippen molar-refractivity contribution < 1.29 is 14.7 Å². The molecule has 1 amide bonds. The van der Waals surface area contributed by atoms with E-state index in [0.29, 0.717) is 0 Å². The summed E-state index contributed by atoms with van der Waals surface area (Å²) in [5.74, 6) is -2.35. The van der Waals surface area contributed by atoms with Crippen LogP contribution in [0.3, 0.4) is 0 Å². The SMILES string of the molecule is CCC[C@@H](C)c1nnc(NC(=O)C(=O)O)s1. The summed E-state index contributed by atoms with van der Waals surface area (Å²) in [5.41, 5.74) is 0. The largest absolute Gasteiger partial charge is 0.474 e. The Morgan fingerprint density at radius 1 is 1.50 bits per heavy atom. The van der Waals surface area contributed by atoms with E-state index in [2.05, 4.69) is 22.4 Å². The van der Waals surface area contributed by atoms with Gasteiger partial charge < -0.3 is 5.11 Å². The summed E-state index contributed by atoms with van der Waals surface area (Å²) >= 11 is 1.21. The van der Waals surface area contributed by atoms with Crippen LogP contribution in [0.1, 0.15) is 37.6 Å². The summed E-state index contributed by atoms with van der Waals surface area (Å²) in [6.45, 7) is 4.09. The predicted molar refractivity (Wildman–Crippen MR) is 59.5 cm³/mol. The van der Waals surface area contributed by atoms with Crippen molar-refractivity contribution in [3.8, 4) is 0 Å². The maximum absolute atomic E-state index is 10.8. The Bertz CT molecular complexity index is 391. The predicted octanol–water partition coefficient (Wildman–Crippen LogP) is 1.46. The van der Waals surface area contributed by atoms with Gasteiger partial charge in [-0.15, -0.1) is 10.2 Å². The molecule has 0 saturated heterocycles. The van der Waals surface area contributed by atoms with Crippen LogP contribution in [0.2, 0.25) is 0 Å². The topological polar surface area (TPSA) is 92.2 Å². The first kappa shape index (κ1) is 12.6. The van der Waals surface area contributed by atoms with Gasteiger partial charge in [-0.25, -0.2) is 4.79 Å². The molecule has 0 aromatic carbocycles. The normalized spacial score (nSPS) is 12.1. The number of hydrogen-bond acceptors (Lipinski definition) is 5. The average molecular weight is 243 g/mol. The van der Waals surface area contributed by atoms with Crippen LogP contribution < -0.4 is 5.32 Å². The first-order valence-corrected chi connectivity index (χ1v) is 5.74. The number of carbonyl (C=O) groups excluding carboxylic acids is 1. The second-order valence-electron chi connectivity index (χ2n) is 3.39. The minimum absolute atomic E-state index is 0.227. The summed E-state index contributed by atoms with van der Waals surface area (Å²) in [6.07, 6.45) is 2.03. The number of carboxylic acid groups (broad SMARTS) is 1. The summed E-state index contributed by atoms with van der Waals surface area (Å²) in [6, 6.07) is 0. The number of carbonyl (C=O) groups is 2. The van der Waals surface area contributed by atoms with Gasteiger partial charge in [-0.05, 0) is 6.42 Å². The molecular formula is C9H13N3O3S. The highest BCUT2D eigenvalue weighted by molar-refractivity contribution is 7.15. The quantitative estimate of drug-likeness (QED) is 0.781. The number of amides is 1. The molecule has 0 radical (unpaired) electrons. The molecular weight excluding hydrogens is 230 g/mol. The Kier molecular flexibility index (Phi) is 4.36. The molecule has 0 aliphatic heterocycles. The third-order valence-corrected chi connectivity index (χ3v) is 3.07. The number of nitrogens with one attached hydrogen (secondary N) is 1. The van der Waals surface area contributed by atoms with E-state index < -0.39 is 11.9 Å². The van der Waals surface area contributed by atoms with Crippen LogP contribution in [0.15, 0.2) is 0 Å². The highest BCUT2D eigenvalue weighted by Gasteiger charge is 2.16. The van der Waals surface area contributed by atoms with Crippen molar-refractivity contribution in [2.75, 3.05) is 5.32 Å². The second-order valence-corrected chi connectivity index (χ2v) is 4.40. The van der Waals surface area contributed by atoms with Crippen LogP contribution in [-0.2, 0) is 9.59 Å². The number of hydrogen-bond donors (Lipinski definition) is 2. The lowest BCUT2D eigenvalue weighted by Crippen LogP contribution is -2.21. The molecule has 1 aromatic rings. The first-order chi connectivity index (χ1) is 7.54. The number of rotatable bonds is 4. The molecule has 1 atom stereocenters. The van der Waals surface area contributed by atoms with Crippen LogP contribution in [0, 0.1) is 0 Å². The Hall–Kier alpha value is -1.50. The zero-order valence-electron chi connectivity index (χ0n) is 9.06. The van der Waals surface area contributed by atoms with Crippen molar-refractivity contribution >= 4 is 28.3 Å². The van der Waals surface area contributed by atoms with Crippen LogP contribution in [0.4, 0.5) is 5.13 Å². The average Bonchev–Trinajstić information content (AvgIpc) is 2.66. The molecule has 6 nitrogen and oxygen atoms in total. The number of carboxylic acids is 1. The van der Waals surface area contributed by atoms with Crippen LogP contribution in [0.5, 0.6) is 0 Å². The number of nitrogens with zero attached hydrogens (tertiary/aromatic N) is 2. The number of aromatic nitrogens is 2. The molecule has 0 bridgehead atoms. The smallest absolute Gasteiger partial charge is 0.394 e.